The molecule has 0 saturated heterocycles. The van der Waals surface area contributed by atoms with E-state index in [0.29, 0.717) is 5.69 Å². The second-order valence-electron chi connectivity index (χ2n) is 5.57. The van der Waals surface area contributed by atoms with Crippen molar-refractivity contribution >= 4 is 17.0 Å². The average Bonchev–Trinajstić information content (AvgIpc) is 2.91. The molecule has 3 rings (SSSR count). The van der Waals surface area contributed by atoms with Crippen molar-refractivity contribution in [2.45, 2.75) is 13.5 Å². The van der Waals surface area contributed by atoms with Gasteiger partial charge in [-0.05, 0) is 30.2 Å². The van der Waals surface area contributed by atoms with Gasteiger partial charge < -0.3 is 14.6 Å². The number of aromatic nitrogens is 2. The fourth-order valence-corrected chi connectivity index (χ4v) is 2.99. The van der Waals surface area contributed by atoms with Crippen molar-refractivity contribution in [2.24, 2.45) is 0 Å². The molecule has 8 heteroatoms. The summed E-state index contributed by atoms with van der Waals surface area (Å²) < 4.78 is 24.2. The number of aromatic amines is 2. The molecule has 0 spiro atoms. The second-order valence-corrected chi connectivity index (χ2v) is 6.45. The summed E-state index contributed by atoms with van der Waals surface area (Å²) in [5.74, 6) is -0.378. The normalized spacial score (nSPS) is 12.1. The van der Waals surface area contributed by atoms with Crippen LogP contribution in [0.3, 0.4) is 0 Å². The van der Waals surface area contributed by atoms with Crippen LogP contribution < -0.4 is 9.99 Å². The predicted molar refractivity (Wildman–Crippen MR) is 94.8 cm³/mol. The molecule has 0 amide bonds. The van der Waals surface area contributed by atoms with Gasteiger partial charge in [0.1, 0.15) is 5.69 Å². The molecular weight excluding hydrogens is 342 g/mol. The van der Waals surface area contributed by atoms with Crippen LogP contribution in [-0.2, 0) is 17.8 Å². The monoisotopic (exact) mass is 358 g/mol. The first-order valence-electron chi connectivity index (χ1n) is 7.48. The van der Waals surface area contributed by atoms with Gasteiger partial charge in [0.2, 0.25) is 5.88 Å². The third-order valence-electron chi connectivity index (χ3n) is 3.80. The van der Waals surface area contributed by atoms with Crippen LogP contribution in [0.4, 0.5) is 5.69 Å². The smallest absolute Gasteiger partial charge is 0.326 e. The van der Waals surface area contributed by atoms with Crippen molar-refractivity contribution in [3.05, 3.63) is 70.3 Å². The Morgan fingerprint density at radius 2 is 1.60 bits per heavy atom. The molecule has 1 heterocycles. The highest BCUT2D eigenvalue weighted by atomic mass is 32.2. The number of hydrogen-bond donors (Lipinski definition) is 3. The largest absolute Gasteiger partial charge is 0.755 e. The van der Waals surface area contributed by atoms with Gasteiger partial charge in [-0.2, -0.15) is 0 Å². The molecule has 1 atom stereocenters. The first-order chi connectivity index (χ1) is 11.9. The number of H-pyrrole nitrogens is 2. The van der Waals surface area contributed by atoms with Gasteiger partial charge in [0.15, 0.2) is 0 Å². The Morgan fingerprint density at radius 3 is 2.08 bits per heavy atom. The molecule has 3 aromatic rings. The van der Waals surface area contributed by atoms with Gasteiger partial charge in [-0.3, -0.25) is 13.5 Å². The molecule has 1 unspecified atom stereocenters. The van der Waals surface area contributed by atoms with Crippen molar-refractivity contribution in [2.75, 3.05) is 4.31 Å². The molecule has 0 radical (unpaired) electrons. The Balaban J connectivity index is 1.87. The van der Waals surface area contributed by atoms with Crippen molar-refractivity contribution < 1.29 is 13.9 Å². The van der Waals surface area contributed by atoms with E-state index in [1.807, 2.05) is 43.3 Å². The topological polar surface area (TPSA) is 112 Å². The van der Waals surface area contributed by atoms with Crippen molar-refractivity contribution in [3.63, 3.8) is 0 Å². The van der Waals surface area contributed by atoms with E-state index in [9.17, 15) is 18.7 Å². The number of nitrogens with one attached hydrogen (secondary N) is 2. The molecular formula is C17H16N3O4S-. The predicted octanol–water partition coefficient (Wildman–Crippen LogP) is 2.18. The molecule has 0 bridgehead atoms. The Morgan fingerprint density at radius 1 is 1.04 bits per heavy atom. The van der Waals surface area contributed by atoms with Crippen molar-refractivity contribution in [3.8, 4) is 17.0 Å². The Hall–Kier alpha value is -2.84. The van der Waals surface area contributed by atoms with E-state index >= 15 is 0 Å². The third-order valence-corrected chi connectivity index (χ3v) is 4.50. The number of imidazole rings is 1. The fourth-order valence-electron chi connectivity index (χ4n) is 2.46. The fraction of sp³-hybridized carbons (Fsp3) is 0.118. The van der Waals surface area contributed by atoms with E-state index < -0.39 is 17.0 Å². The average molecular weight is 358 g/mol. The number of anilines is 1. The first kappa shape index (κ1) is 17.0. The lowest BCUT2D eigenvalue weighted by Gasteiger charge is -2.26. The Labute approximate surface area is 146 Å². The van der Waals surface area contributed by atoms with Gasteiger partial charge in [-0.1, -0.05) is 42.0 Å². The maximum Gasteiger partial charge on any atom is 0.326 e. The number of benzene rings is 2. The highest BCUT2D eigenvalue weighted by Gasteiger charge is 2.13. The summed E-state index contributed by atoms with van der Waals surface area (Å²) >= 11 is -2.57. The molecule has 0 aliphatic rings. The standard InChI is InChI=1S/C17H17N3O4S/c1-11-2-4-12(5-3-11)13-6-8-14(9-7-13)20(25(23)24)10-15-16(21)19-17(22)18-15/h2-9,21H,10H2,1H3,(H,23,24)(H2,18,19,22)/p-1. The van der Waals surface area contributed by atoms with Crippen LogP contribution >= 0.6 is 0 Å². The maximum atomic E-state index is 11.6. The first-order valence-corrected chi connectivity index (χ1v) is 8.51. The molecule has 3 N–H and O–H groups in total. The highest BCUT2D eigenvalue weighted by molar-refractivity contribution is 7.80. The minimum absolute atomic E-state index is 0.0943. The maximum absolute atomic E-state index is 11.6. The lowest BCUT2D eigenvalue weighted by atomic mass is 10.0. The van der Waals surface area contributed by atoms with Crippen LogP contribution in [0.15, 0.2) is 53.3 Å². The van der Waals surface area contributed by atoms with E-state index in [1.54, 1.807) is 12.1 Å². The number of rotatable bonds is 5. The number of hydrogen-bond acceptors (Lipinski definition) is 4. The van der Waals surface area contributed by atoms with Crippen LogP contribution in [0.1, 0.15) is 11.3 Å². The summed E-state index contributed by atoms with van der Waals surface area (Å²) in [4.78, 5) is 15.7. The van der Waals surface area contributed by atoms with Gasteiger partial charge in [0, 0.05) is 17.0 Å². The van der Waals surface area contributed by atoms with Gasteiger partial charge in [-0.25, -0.2) is 4.79 Å². The van der Waals surface area contributed by atoms with E-state index in [-0.39, 0.29) is 18.1 Å². The summed E-state index contributed by atoms with van der Waals surface area (Å²) in [6.07, 6.45) is 0. The lowest BCUT2D eigenvalue weighted by molar-refractivity contribution is 0.448. The molecule has 2 aromatic carbocycles. The zero-order valence-corrected chi connectivity index (χ0v) is 14.2. The van der Waals surface area contributed by atoms with E-state index in [4.69, 9.17) is 0 Å². The zero-order valence-electron chi connectivity index (χ0n) is 13.4. The summed E-state index contributed by atoms with van der Waals surface area (Å²) in [5, 5.41) is 9.61. The van der Waals surface area contributed by atoms with E-state index in [2.05, 4.69) is 9.97 Å². The van der Waals surface area contributed by atoms with Gasteiger partial charge in [-0.15, -0.1) is 0 Å². The molecule has 0 aliphatic heterocycles. The minimum Gasteiger partial charge on any atom is -0.755 e. The van der Waals surface area contributed by atoms with Crippen LogP contribution in [0.5, 0.6) is 5.88 Å². The minimum atomic E-state index is -2.57. The van der Waals surface area contributed by atoms with Gasteiger partial charge in [0.05, 0.1) is 6.54 Å². The highest BCUT2D eigenvalue weighted by Crippen LogP contribution is 2.25. The lowest BCUT2D eigenvalue weighted by Crippen LogP contribution is -2.25. The van der Waals surface area contributed by atoms with Gasteiger partial charge >= 0.3 is 5.69 Å². The van der Waals surface area contributed by atoms with Crippen molar-refractivity contribution in [1.82, 2.24) is 9.97 Å². The number of aryl methyl sites for hydroxylation is 1. The number of aromatic hydroxyl groups is 1. The molecule has 0 aliphatic carbocycles. The van der Waals surface area contributed by atoms with E-state index in [0.717, 1.165) is 21.0 Å². The molecule has 0 saturated carbocycles. The quantitative estimate of drug-likeness (QED) is 0.607. The van der Waals surface area contributed by atoms with E-state index in [1.165, 1.54) is 0 Å². The Bertz CT molecular complexity index is 945. The number of nitrogens with zero attached hydrogens (tertiary/aromatic N) is 1. The second kappa shape index (κ2) is 6.96. The summed E-state index contributed by atoms with van der Waals surface area (Å²) in [6, 6.07) is 15.0. The van der Waals surface area contributed by atoms with Crippen molar-refractivity contribution in [1.29, 1.82) is 0 Å². The van der Waals surface area contributed by atoms with Crippen LogP contribution in [0.2, 0.25) is 0 Å². The van der Waals surface area contributed by atoms with Crippen LogP contribution in [0.25, 0.3) is 11.1 Å². The third kappa shape index (κ3) is 3.81. The van der Waals surface area contributed by atoms with Gasteiger partial charge in [0.25, 0.3) is 0 Å². The van der Waals surface area contributed by atoms with Crippen LogP contribution in [-0.4, -0.2) is 23.8 Å². The molecule has 0 fully saturated rings. The summed E-state index contributed by atoms with van der Waals surface area (Å²) in [5.41, 5.74) is 3.06. The molecule has 25 heavy (non-hydrogen) atoms. The van der Waals surface area contributed by atoms with Crippen LogP contribution in [0, 0.1) is 6.92 Å². The SMILES string of the molecule is Cc1ccc(-c2ccc(N(Cc3[nH]c(=O)[nH]c3O)S(=O)[O-])cc2)cc1. The Kier molecular flexibility index (Phi) is 4.73. The molecule has 1 aromatic heterocycles. The summed E-state index contributed by atoms with van der Waals surface area (Å²) in [6.45, 7) is 1.82. The molecule has 130 valence electrons. The zero-order chi connectivity index (χ0) is 18.0. The molecule has 7 nitrogen and oxygen atoms in total. The summed E-state index contributed by atoms with van der Waals surface area (Å²) in [7, 11) is 0.